The van der Waals surface area contributed by atoms with Gasteiger partial charge in [-0.1, -0.05) is 54.6 Å². The van der Waals surface area contributed by atoms with Gasteiger partial charge in [0.1, 0.15) is 17.2 Å². The average molecular weight is 444 g/mol. The van der Waals surface area contributed by atoms with E-state index in [4.69, 9.17) is 9.31 Å². The summed E-state index contributed by atoms with van der Waals surface area (Å²) in [5.41, 5.74) is 9.41. The van der Waals surface area contributed by atoms with Crippen LogP contribution in [-0.2, 0) is 0 Å². The van der Waals surface area contributed by atoms with Crippen LogP contribution in [-0.4, -0.2) is 21.5 Å². The van der Waals surface area contributed by atoms with E-state index in [2.05, 4.69) is 116 Å². The zero-order valence-electron chi connectivity index (χ0n) is 19.8. The lowest BCUT2D eigenvalue weighted by atomic mass is 9.78. The molecule has 3 aliphatic rings. The summed E-state index contributed by atoms with van der Waals surface area (Å²) in [4.78, 5) is 0. The maximum absolute atomic E-state index is 6.92. The Kier molecular flexibility index (Phi) is 3.75. The van der Waals surface area contributed by atoms with Crippen molar-refractivity contribution in [3.63, 3.8) is 0 Å². The standard InChI is InChI=1S/C29H25BN2O2/c1-18-14-20(3)31-28(18)27(22-10-6-5-7-11-22)29-19(2)15-21(4)32(29)30(31)33-25-16-23-12-8-9-13-24(23)17-26(25)34-30/h5-17H,1-4H3. The highest BCUT2D eigenvalue weighted by Gasteiger charge is 2.62. The summed E-state index contributed by atoms with van der Waals surface area (Å²) in [6.45, 7) is 6.59. The molecule has 3 aliphatic heterocycles. The van der Waals surface area contributed by atoms with Crippen molar-refractivity contribution in [1.82, 2.24) is 4.48 Å². The molecule has 34 heavy (non-hydrogen) atoms. The molecule has 4 nitrogen and oxygen atoms in total. The molecule has 4 heterocycles. The van der Waals surface area contributed by atoms with Gasteiger partial charge in [0.2, 0.25) is 0 Å². The highest BCUT2D eigenvalue weighted by Crippen LogP contribution is 2.49. The Hall–Kier alpha value is -3.99. The van der Waals surface area contributed by atoms with Crippen molar-refractivity contribution in [1.29, 1.82) is 0 Å². The molecule has 4 aromatic rings. The molecule has 1 aromatic heterocycles. The lowest BCUT2D eigenvalue weighted by molar-refractivity contribution is -0.369. The zero-order valence-corrected chi connectivity index (χ0v) is 19.8. The Morgan fingerprint density at radius 3 is 2.03 bits per heavy atom. The third kappa shape index (κ3) is 2.36. The zero-order chi connectivity index (χ0) is 23.2. The van der Waals surface area contributed by atoms with E-state index in [-0.39, 0.29) is 0 Å². The molecular formula is C29H25BN2O2. The summed E-state index contributed by atoms with van der Waals surface area (Å²) in [6.07, 6.45) is 2.24. The Bertz CT molecular complexity index is 1600. The van der Waals surface area contributed by atoms with Crippen molar-refractivity contribution >= 4 is 28.9 Å². The van der Waals surface area contributed by atoms with Crippen LogP contribution in [0.3, 0.4) is 0 Å². The number of aromatic nitrogens is 1. The molecule has 7 rings (SSSR count). The third-order valence-corrected chi connectivity index (χ3v) is 7.40. The predicted molar refractivity (Wildman–Crippen MR) is 137 cm³/mol. The van der Waals surface area contributed by atoms with E-state index in [9.17, 15) is 0 Å². The Balaban J connectivity index is 1.56. The van der Waals surface area contributed by atoms with Gasteiger partial charge in [-0.15, -0.1) is 0 Å². The van der Waals surface area contributed by atoms with Gasteiger partial charge >= 0.3 is 6.82 Å². The van der Waals surface area contributed by atoms with Crippen LogP contribution < -0.4 is 9.31 Å². The quantitative estimate of drug-likeness (QED) is 0.326. The maximum atomic E-state index is 6.92. The molecule has 0 unspecified atom stereocenters. The fourth-order valence-electron chi connectivity index (χ4n) is 6.17. The van der Waals surface area contributed by atoms with Crippen molar-refractivity contribution in [2.45, 2.75) is 27.7 Å². The minimum absolute atomic E-state index is 0.787. The molecule has 0 saturated carbocycles. The van der Waals surface area contributed by atoms with Crippen LogP contribution in [0.25, 0.3) is 16.3 Å². The summed E-state index contributed by atoms with van der Waals surface area (Å²) in [7, 11) is 0. The summed E-state index contributed by atoms with van der Waals surface area (Å²) < 4.78 is 18.4. The van der Waals surface area contributed by atoms with Gasteiger partial charge in [0.05, 0.1) is 5.57 Å². The molecule has 0 aliphatic carbocycles. The van der Waals surface area contributed by atoms with Crippen molar-refractivity contribution in [2.75, 3.05) is 0 Å². The van der Waals surface area contributed by atoms with E-state index in [0.717, 1.165) is 45.1 Å². The first kappa shape index (κ1) is 19.5. The van der Waals surface area contributed by atoms with E-state index in [1.165, 1.54) is 22.3 Å². The number of fused-ring (bicyclic) bond motifs is 6. The molecule has 0 radical (unpaired) electrons. The van der Waals surface area contributed by atoms with Crippen LogP contribution in [0.5, 0.6) is 11.5 Å². The van der Waals surface area contributed by atoms with Gasteiger partial charge in [-0.05, 0) is 66.6 Å². The van der Waals surface area contributed by atoms with E-state index in [0.29, 0.717) is 0 Å². The second kappa shape index (κ2) is 6.54. The van der Waals surface area contributed by atoms with Crippen molar-refractivity contribution in [2.24, 2.45) is 0 Å². The monoisotopic (exact) mass is 444 g/mol. The van der Waals surface area contributed by atoms with Crippen LogP contribution in [0, 0.1) is 13.8 Å². The number of benzene rings is 3. The molecule has 0 atom stereocenters. The van der Waals surface area contributed by atoms with Gasteiger partial charge in [-0.2, -0.15) is 0 Å². The number of allylic oxidation sites excluding steroid dienone is 2. The highest BCUT2D eigenvalue weighted by molar-refractivity contribution is 6.62. The lowest BCUT2D eigenvalue weighted by Gasteiger charge is -2.39. The molecule has 0 bridgehead atoms. The molecule has 5 heteroatoms. The molecule has 3 aromatic carbocycles. The largest absolute Gasteiger partial charge is 0.780 e. The predicted octanol–water partition coefficient (Wildman–Crippen LogP) is 6.22. The molecule has 0 fully saturated rings. The first-order valence-corrected chi connectivity index (χ1v) is 11.8. The fourth-order valence-corrected chi connectivity index (χ4v) is 6.17. The van der Waals surface area contributed by atoms with E-state index in [1.54, 1.807) is 0 Å². The Morgan fingerprint density at radius 2 is 1.38 bits per heavy atom. The number of aryl methyl sites for hydroxylation is 2. The van der Waals surface area contributed by atoms with Gasteiger partial charge < -0.3 is 18.3 Å². The van der Waals surface area contributed by atoms with Gasteiger partial charge in [-0.3, -0.25) is 0 Å². The summed E-state index contributed by atoms with van der Waals surface area (Å²) in [6, 6.07) is 25.5. The summed E-state index contributed by atoms with van der Waals surface area (Å²) in [5.74, 6) is 1.57. The molecule has 1 spiro atoms. The second-order valence-electron chi connectivity index (χ2n) is 9.63. The topological polar surface area (TPSA) is 26.4 Å². The lowest BCUT2D eigenvalue weighted by Crippen LogP contribution is -2.65. The van der Waals surface area contributed by atoms with E-state index < -0.39 is 6.82 Å². The highest BCUT2D eigenvalue weighted by atomic mass is 16.7. The SMILES string of the molecule is CC1=CC(C)=[N+]2C1=C(c1ccccc1)c1c(C)cc(C)n1[B-]21Oc2cc3ccccc3cc2O1. The van der Waals surface area contributed by atoms with E-state index in [1.807, 2.05) is 0 Å². The van der Waals surface area contributed by atoms with Crippen LogP contribution in [0.1, 0.15) is 36.4 Å². The van der Waals surface area contributed by atoms with Crippen molar-refractivity contribution < 1.29 is 13.8 Å². The first-order chi connectivity index (χ1) is 16.5. The van der Waals surface area contributed by atoms with Gasteiger partial charge in [-0.25, -0.2) is 0 Å². The normalized spacial score (nSPS) is 17.5. The van der Waals surface area contributed by atoms with Crippen molar-refractivity contribution in [3.05, 3.63) is 113 Å². The molecular weight excluding hydrogens is 419 g/mol. The molecule has 166 valence electrons. The van der Waals surface area contributed by atoms with Gasteiger partial charge in [0, 0.05) is 24.3 Å². The Labute approximate surface area is 199 Å². The third-order valence-electron chi connectivity index (χ3n) is 7.40. The smallest absolute Gasteiger partial charge is 0.599 e. The van der Waals surface area contributed by atoms with E-state index >= 15 is 0 Å². The number of nitrogens with zero attached hydrogens (tertiary/aromatic N) is 2. The maximum Gasteiger partial charge on any atom is 0.780 e. The van der Waals surface area contributed by atoms with Crippen LogP contribution >= 0.6 is 0 Å². The summed E-state index contributed by atoms with van der Waals surface area (Å²) >= 11 is 0. The van der Waals surface area contributed by atoms with Crippen LogP contribution in [0.4, 0.5) is 0 Å². The number of hydrogen-bond donors (Lipinski definition) is 0. The molecule has 0 amide bonds. The average Bonchev–Trinajstić information content (AvgIpc) is 3.44. The van der Waals surface area contributed by atoms with Crippen LogP contribution in [0.15, 0.2) is 90.1 Å². The fraction of sp³-hybridized carbons (Fsp3) is 0.138. The molecule has 0 saturated heterocycles. The molecule has 0 N–H and O–H groups in total. The number of rotatable bonds is 1. The van der Waals surface area contributed by atoms with Crippen LogP contribution in [0.2, 0.25) is 0 Å². The van der Waals surface area contributed by atoms with Crippen molar-refractivity contribution in [3.8, 4) is 11.5 Å². The minimum Gasteiger partial charge on any atom is -0.599 e. The number of hydrogen-bond acceptors (Lipinski definition) is 2. The van der Waals surface area contributed by atoms with Gasteiger partial charge in [0.15, 0.2) is 5.70 Å². The minimum atomic E-state index is -2.06. The summed E-state index contributed by atoms with van der Waals surface area (Å²) in [5, 5.41) is 2.29. The second-order valence-corrected chi connectivity index (χ2v) is 9.63. The Morgan fingerprint density at radius 1 is 0.765 bits per heavy atom. The van der Waals surface area contributed by atoms with Gasteiger partial charge in [0.25, 0.3) is 0 Å². The first-order valence-electron chi connectivity index (χ1n) is 11.8.